The molecule has 0 fully saturated rings. The van der Waals surface area contributed by atoms with E-state index in [0.717, 1.165) is 49.0 Å². The number of aryl methyl sites for hydroxylation is 1. The maximum absolute atomic E-state index is 4.77. The second kappa shape index (κ2) is 7.97. The number of rotatable bonds is 8. The molecule has 0 saturated heterocycles. The first-order valence-corrected chi connectivity index (χ1v) is 7.48. The largest absolute Gasteiger partial charge is 0.373 e. The molecule has 1 aromatic heterocycles. The highest BCUT2D eigenvalue weighted by Gasteiger charge is 2.14. The average Bonchev–Trinajstić information content (AvgIpc) is 2.42. The van der Waals surface area contributed by atoms with Crippen molar-refractivity contribution in [3.8, 4) is 0 Å². The Morgan fingerprint density at radius 3 is 2.37 bits per heavy atom. The maximum atomic E-state index is 4.77. The monoisotopic (exact) mass is 264 g/mol. The number of aromatic nitrogens is 2. The van der Waals surface area contributed by atoms with Gasteiger partial charge in [0.15, 0.2) is 0 Å². The van der Waals surface area contributed by atoms with E-state index < -0.39 is 0 Å². The Labute approximate surface area is 117 Å². The number of hydrogen-bond acceptors (Lipinski definition) is 4. The zero-order valence-corrected chi connectivity index (χ0v) is 13.1. The Bertz CT molecular complexity index is 390. The molecule has 0 spiro atoms. The molecular formula is C15H28N4. The predicted octanol–water partition coefficient (Wildman–Crippen LogP) is 3.41. The molecule has 1 N–H and O–H groups in total. The van der Waals surface area contributed by atoms with Crippen LogP contribution in [0.3, 0.4) is 0 Å². The van der Waals surface area contributed by atoms with Crippen LogP contribution in [0.15, 0.2) is 0 Å². The Morgan fingerprint density at radius 1 is 1.11 bits per heavy atom. The lowest BCUT2D eigenvalue weighted by Gasteiger charge is -2.25. The minimum Gasteiger partial charge on any atom is -0.373 e. The molecule has 0 aliphatic heterocycles. The van der Waals surface area contributed by atoms with E-state index in [2.05, 4.69) is 42.9 Å². The van der Waals surface area contributed by atoms with Gasteiger partial charge in [0.2, 0.25) is 0 Å². The molecular weight excluding hydrogens is 236 g/mol. The minimum atomic E-state index is 0.938. The SMILES string of the molecule is CCCCN(CC)c1nc(CCC)nc(NC)c1C. The van der Waals surface area contributed by atoms with E-state index in [4.69, 9.17) is 4.98 Å². The van der Waals surface area contributed by atoms with Crippen molar-refractivity contribution in [1.29, 1.82) is 0 Å². The van der Waals surface area contributed by atoms with Crippen molar-refractivity contribution in [2.75, 3.05) is 30.4 Å². The summed E-state index contributed by atoms with van der Waals surface area (Å²) in [6.45, 7) is 10.7. The van der Waals surface area contributed by atoms with Crippen LogP contribution in [0.1, 0.15) is 51.4 Å². The number of unbranched alkanes of at least 4 members (excludes halogenated alkanes) is 1. The van der Waals surface area contributed by atoms with Crippen molar-refractivity contribution in [2.45, 2.75) is 53.4 Å². The second-order valence-corrected chi connectivity index (χ2v) is 4.87. The molecule has 0 aliphatic rings. The van der Waals surface area contributed by atoms with E-state index >= 15 is 0 Å². The second-order valence-electron chi connectivity index (χ2n) is 4.87. The van der Waals surface area contributed by atoms with Crippen LogP contribution in [0.4, 0.5) is 11.6 Å². The third-order valence-corrected chi connectivity index (χ3v) is 3.34. The molecule has 0 radical (unpaired) electrons. The van der Waals surface area contributed by atoms with Gasteiger partial charge < -0.3 is 10.2 Å². The van der Waals surface area contributed by atoms with Gasteiger partial charge in [-0.05, 0) is 26.7 Å². The molecule has 4 nitrogen and oxygen atoms in total. The molecule has 0 aromatic carbocycles. The van der Waals surface area contributed by atoms with Crippen LogP contribution in [0.5, 0.6) is 0 Å². The van der Waals surface area contributed by atoms with Crippen molar-refractivity contribution >= 4 is 11.6 Å². The minimum absolute atomic E-state index is 0.938. The lowest BCUT2D eigenvalue weighted by atomic mass is 10.2. The lowest BCUT2D eigenvalue weighted by Crippen LogP contribution is -2.26. The topological polar surface area (TPSA) is 41.1 Å². The Balaban J connectivity index is 3.10. The Kier molecular flexibility index (Phi) is 6.60. The lowest BCUT2D eigenvalue weighted by molar-refractivity contribution is 0.714. The normalized spacial score (nSPS) is 10.6. The van der Waals surface area contributed by atoms with Crippen LogP contribution >= 0.6 is 0 Å². The van der Waals surface area contributed by atoms with Crippen molar-refractivity contribution in [3.63, 3.8) is 0 Å². The third kappa shape index (κ3) is 4.08. The molecule has 0 amide bonds. The van der Waals surface area contributed by atoms with Gasteiger partial charge in [-0.1, -0.05) is 20.3 Å². The van der Waals surface area contributed by atoms with Gasteiger partial charge in [-0.15, -0.1) is 0 Å². The third-order valence-electron chi connectivity index (χ3n) is 3.34. The summed E-state index contributed by atoms with van der Waals surface area (Å²) in [5.74, 6) is 3.00. The first kappa shape index (κ1) is 15.7. The zero-order chi connectivity index (χ0) is 14.3. The molecule has 0 aliphatic carbocycles. The van der Waals surface area contributed by atoms with Gasteiger partial charge in [-0.3, -0.25) is 0 Å². The molecule has 108 valence electrons. The highest BCUT2D eigenvalue weighted by molar-refractivity contribution is 5.58. The molecule has 1 rings (SSSR count). The number of nitrogens with one attached hydrogen (secondary N) is 1. The van der Waals surface area contributed by atoms with Crippen LogP contribution in [0.2, 0.25) is 0 Å². The predicted molar refractivity (Wildman–Crippen MR) is 83.1 cm³/mol. The summed E-state index contributed by atoms with van der Waals surface area (Å²) in [6, 6.07) is 0. The first-order valence-electron chi connectivity index (χ1n) is 7.48. The van der Waals surface area contributed by atoms with E-state index in [1.54, 1.807) is 0 Å². The maximum Gasteiger partial charge on any atom is 0.137 e. The highest BCUT2D eigenvalue weighted by Crippen LogP contribution is 2.24. The summed E-state index contributed by atoms with van der Waals surface area (Å²) in [5, 5.41) is 3.19. The smallest absolute Gasteiger partial charge is 0.137 e. The average molecular weight is 264 g/mol. The molecule has 19 heavy (non-hydrogen) atoms. The fourth-order valence-corrected chi connectivity index (χ4v) is 2.20. The fraction of sp³-hybridized carbons (Fsp3) is 0.733. The Morgan fingerprint density at radius 2 is 1.84 bits per heavy atom. The quantitative estimate of drug-likeness (QED) is 0.781. The van der Waals surface area contributed by atoms with Crippen LogP contribution in [-0.4, -0.2) is 30.1 Å². The number of nitrogens with zero attached hydrogens (tertiary/aromatic N) is 3. The summed E-state index contributed by atoms with van der Waals surface area (Å²) < 4.78 is 0. The molecule has 1 aromatic rings. The van der Waals surface area contributed by atoms with Gasteiger partial charge in [0.25, 0.3) is 0 Å². The van der Waals surface area contributed by atoms with Gasteiger partial charge in [0, 0.05) is 32.1 Å². The van der Waals surface area contributed by atoms with E-state index in [1.807, 2.05) is 7.05 Å². The standard InChI is InChI=1S/C15H28N4/c1-6-9-11-19(8-3)15-12(4)14(16-5)17-13(18-15)10-7-2/h6-11H2,1-5H3,(H,16,17,18). The molecule has 0 bridgehead atoms. The van der Waals surface area contributed by atoms with Crippen LogP contribution < -0.4 is 10.2 Å². The van der Waals surface area contributed by atoms with Gasteiger partial charge >= 0.3 is 0 Å². The van der Waals surface area contributed by atoms with Crippen LogP contribution in [0.25, 0.3) is 0 Å². The van der Waals surface area contributed by atoms with Crippen LogP contribution in [-0.2, 0) is 6.42 Å². The van der Waals surface area contributed by atoms with E-state index in [9.17, 15) is 0 Å². The summed E-state index contributed by atoms with van der Waals surface area (Å²) in [7, 11) is 1.93. The summed E-state index contributed by atoms with van der Waals surface area (Å²) >= 11 is 0. The molecule has 4 heteroatoms. The van der Waals surface area contributed by atoms with E-state index in [-0.39, 0.29) is 0 Å². The molecule has 0 saturated carbocycles. The van der Waals surface area contributed by atoms with Crippen LogP contribution in [0, 0.1) is 6.92 Å². The fourth-order valence-electron chi connectivity index (χ4n) is 2.20. The van der Waals surface area contributed by atoms with Crippen molar-refractivity contribution < 1.29 is 0 Å². The van der Waals surface area contributed by atoms with Gasteiger partial charge in [-0.2, -0.15) is 0 Å². The van der Waals surface area contributed by atoms with Crippen molar-refractivity contribution in [2.24, 2.45) is 0 Å². The zero-order valence-electron chi connectivity index (χ0n) is 13.1. The highest BCUT2D eigenvalue weighted by atomic mass is 15.2. The van der Waals surface area contributed by atoms with Crippen molar-refractivity contribution in [1.82, 2.24) is 9.97 Å². The summed E-state index contributed by atoms with van der Waals surface area (Å²) in [6.07, 6.45) is 4.43. The van der Waals surface area contributed by atoms with Gasteiger partial charge in [-0.25, -0.2) is 9.97 Å². The van der Waals surface area contributed by atoms with Crippen molar-refractivity contribution in [3.05, 3.63) is 11.4 Å². The first-order chi connectivity index (χ1) is 9.17. The van der Waals surface area contributed by atoms with Gasteiger partial charge in [0.05, 0.1) is 0 Å². The summed E-state index contributed by atoms with van der Waals surface area (Å²) in [5.41, 5.74) is 1.15. The Hall–Kier alpha value is -1.32. The van der Waals surface area contributed by atoms with E-state index in [1.165, 1.54) is 12.8 Å². The molecule has 0 unspecified atom stereocenters. The van der Waals surface area contributed by atoms with Gasteiger partial charge in [0.1, 0.15) is 17.5 Å². The molecule has 1 heterocycles. The molecule has 0 atom stereocenters. The number of hydrogen-bond donors (Lipinski definition) is 1. The summed E-state index contributed by atoms with van der Waals surface area (Å²) in [4.78, 5) is 11.7. The number of anilines is 2. The van der Waals surface area contributed by atoms with E-state index in [0.29, 0.717) is 0 Å².